The molecule has 84 valence electrons. The van der Waals surface area contributed by atoms with Gasteiger partial charge in [-0.3, -0.25) is 9.59 Å². The molecule has 0 amide bonds. The number of carboxylic acid groups (broad SMARTS) is 1. The molecule has 1 aromatic rings. The van der Waals surface area contributed by atoms with Gasteiger partial charge < -0.3 is 10.3 Å². The second-order valence-electron chi connectivity index (χ2n) is 3.15. The molecular weight excluding hydrogens is 210 g/mol. The second kappa shape index (κ2) is 5.65. The zero-order chi connectivity index (χ0) is 12.0. The van der Waals surface area contributed by atoms with Gasteiger partial charge in [-0.05, 0) is 0 Å². The molecular formula is C11H11NO4. The first-order valence-electron chi connectivity index (χ1n) is 4.64. The number of oxime groups is 1. The fourth-order valence-corrected chi connectivity index (χ4v) is 1.28. The number of carboxylic acids is 1. The molecule has 0 aliphatic heterocycles. The first-order chi connectivity index (χ1) is 7.66. The van der Waals surface area contributed by atoms with Crippen molar-refractivity contribution in [3.8, 4) is 0 Å². The van der Waals surface area contributed by atoms with Crippen molar-refractivity contribution in [1.82, 2.24) is 0 Å². The third-order valence-electron chi connectivity index (χ3n) is 2.10. The summed E-state index contributed by atoms with van der Waals surface area (Å²) in [4.78, 5) is 22.6. The first kappa shape index (κ1) is 11.9. The molecule has 16 heavy (non-hydrogen) atoms. The summed E-state index contributed by atoms with van der Waals surface area (Å²) in [7, 11) is 0. The number of carbonyl (C=O) groups excluding carboxylic acids is 1. The van der Waals surface area contributed by atoms with Gasteiger partial charge >= 0.3 is 5.97 Å². The van der Waals surface area contributed by atoms with Gasteiger partial charge in [0.2, 0.25) is 0 Å². The molecule has 2 N–H and O–H groups in total. The minimum Gasteiger partial charge on any atom is -0.481 e. The van der Waals surface area contributed by atoms with Crippen LogP contribution in [0.3, 0.4) is 0 Å². The lowest BCUT2D eigenvalue weighted by Gasteiger charge is -2.07. The van der Waals surface area contributed by atoms with Crippen molar-refractivity contribution >= 4 is 18.0 Å². The van der Waals surface area contributed by atoms with E-state index in [2.05, 4.69) is 5.16 Å². The average Bonchev–Trinajstić information content (AvgIpc) is 2.30. The molecule has 1 unspecified atom stereocenters. The largest absolute Gasteiger partial charge is 0.481 e. The van der Waals surface area contributed by atoms with Crippen LogP contribution in [0.15, 0.2) is 35.5 Å². The topological polar surface area (TPSA) is 87.0 Å². The summed E-state index contributed by atoms with van der Waals surface area (Å²) in [5, 5.41) is 19.8. The first-order valence-corrected chi connectivity index (χ1v) is 4.64. The number of nitrogens with zero attached hydrogens (tertiary/aromatic N) is 1. The van der Waals surface area contributed by atoms with E-state index in [9.17, 15) is 9.59 Å². The van der Waals surface area contributed by atoms with Crippen molar-refractivity contribution in [1.29, 1.82) is 0 Å². The van der Waals surface area contributed by atoms with Crippen LogP contribution in [0.4, 0.5) is 0 Å². The van der Waals surface area contributed by atoms with E-state index in [1.165, 1.54) is 0 Å². The lowest BCUT2D eigenvalue weighted by Crippen LogP contribution is -2.24. The van der Waals surface area contributed by atoms with Gasteiger partial charge in [-0.1, -0.05) is 30.3 Å². The predicted octanol–water partition coefficient (Wildman–Crippen LogP) is 1.42. The zero-order valence-corrected chi connectivity index (χ0v) is 8.41. The summed E-state index contributed by atoms with van der Waals surface area (Å²) >= 11 is 0. The molecule has 1 atom stereocenters. The Kier molecular flexibility index (Phi) is 4.20. The standard InChI is InChI=1S/C11H11NO4/c13-10(8-4-2-1-3-5-8)9(11(14)15)6-7-12-16/h1-5,7,9,16H,6H2,(H,14,15). The monoisotopic (exact) mass is 221 g/mol. The number of rotatable bonds is 5. The molecule has 0 fully saturated rings. The van der Waals surface area contributed by atoms with Crippen LogP contribution >= 0.6 is 0 Å². The van der Waals surface area contributed by atoms with E-state index in [4.69, 9.17) is 10.3 Å². The van der Waals surface area contributed by atoms with Crippen LogP contribution in [0, 0.1) is 5.92 Å². The van der Waals surface area contributed by atoms with Gasteiger partial charge in [-0.25, -0.2) is 0 Å². The highest BCUT2D eigenvalue weighted by molar-refractivity contribution is 6.09. The third kappa shape index (κ3) is 2.91. The van der Waals surface area contributed by atoms with Gasteiger partial charge in [0.25, 0.3) is 0 Å². The molecule has 0 aromatic heterocycles. The number of hydrogen-bond acceptors (Lipinski definition) is 4. The molecule has 0 aliphatic carbocycles. The fraction of sp³-hybridized carbons (Fsp3) is 0.182. The average molecular weight is 221 g/mol. The Bertz CT molecular complexity index is 400. The van der Waals surface area contributed by atoms with Crippen LogP contribution in [-0.4, -0.2) is 28.3 Å². The van der Waals surface area contributed by atoms with Gasteiger partial charge in [0, 0.05) is 18.2 Å². The van der Waals surface area contributed by atoms with E-state index >= 15 is 0 Å². The van der Waals surface area contributed by atoms with Crippen molar-refractivity contribution < 1.29 is 19.9 Å². The van der Waals surface area contributed by atoms with E-state index in [0.717, 1.165) is 6.21 Å². The zero-order valence-electron chi connectivity index (χ0n) is 8.41. The smallest absolute Gasteiger partial charge is 0.314 e. The van der Waals surface area contributed by atoms with E-state index in [1.807, 2.05) is 0 Å². The van der Waals surface area contributed by atoms with Crippen LogP contribution in [0.5, 0.6) is 0 Å². The summed E-state index contributed by atoms with van der Waals surface area (Å²) in [5.41, 5.74) is 0.334. The predicted molar refractivity (Wildman–Crippen MR) is 56.8 cm³/mol. The molecule has 5 nitrogen and oxygen atoms in total. The Morgan fingerprint density at radius 3 is 2.44 bits per heavy atom. The van der Waals surface area contributed by atoms with Crippen LogP contribution in [0.25, 0.3) is 0 Å². The maximum Gasteiger partial charge on any atom is 0.314 e. The Morgan fingerprint density at radius 1 is 1.31 bits per heavy atom. The quantitative estimate of drug-likeness (QED) is 0.259. The molecule has 5 heteroatoms. The van der Waals surface area contributed by atoms with Crippen molar-refractivity contribution in [3.05, 3.63) is 35.9 Å². The van der Waals surface area contributed by atoms with Gasteiger partial charge in [0.05, 0.1) is 0 Å². The molecule has 0 saturated heterocycles. The minimum atomic E-state index is -1.23. The number of Topliss-reactive ketones (excluding diaryl/α,β-unsaturated/α-hetero) is 1. The highest BCUT2D eigenvalue weighted by atomic mass is 16.4. The van der Waals surface area contributed by atoms with E-state index in [0.29, 0.717) is 5.56 Å². The van der Waals surface area contributed by atoms with Gasteiger partial charge in [0.15, 0.2) is 5.78 Å². The molecule has 0 saturated carbocycles. The highest BCUT2D eigenvalue weighted by Crippen LogP contribution is 2.12. The molecule has 1 aromatic carbocycles. The number of benzene rings is 1. The van der Waals surface area contributed by atoms with Gasteiger partial charge in [-0.2, -0.15) is 0 Å². The molecule has 1 rings (SSSR count). The maximum atomic E-state index is 11.8. The summed E-state index contributed by atoms with van der Waals surface area (Å²) in [6.07, 6.45) is 0.874. The summed E-state index contributed by atoms with van der Waals surface area (Å²) < 4.78 is 0. The molecule has 0 bridgehead atoms. The number of ketones is 1. The Hall–Kier alpha value is -2.17. The summed E-state index contributed by atoms with van der Waals surface area (Å²) in [6, 6.07) is 8.16. The van der Waals surface area contributed by atoms with Gasteiger partial charge in [0.1, 0.15) is 5.92 Å². The van der Waals surface area contributed by atoms with Crippen molar-refractivity contribution in [2.75, 3.05) is 0 Å². The molecule has 0 spiro atoms. The normalized spacial score (nSPS) is 12.5. The molecule has 0 aliphatic rings. The fourth-order valence-electron chi connectivity index (χ4n) is 1.28. The van der Waals surface area contributed by atoms with Gasteiger partial charge in [-0.15, -0.1) is 5.16 Å². The third-order valence-corrected chi connectivity index (χ3v) is 2.10. The van der Waals surface area contributed by atoms with E-state index in [1.54, 1.807) is 30.3 Å². The number of aliphatic carboxylic acids is 1. The summed E-state index contributed by atoms with van der Waals surface area (Å²) in [6.45, 7) is 0. The lowest BCUT2D eigenvalue weighted by molar-refractivity contribution is -0.139. The minimum absolute atomic E-state index is 0.125. The second-order valence-corrected chi connectivity index (χ2v) is 3.15. The van der Waals surface area contributed by atoms with Crippen LogP contribution in [0.1, 0.15) is 16.8 Å². The van der Waals surface area contributed by atoms with Crippen LogP contribution in [0.2, 0.25) is 0 Å². The van der Waals surface area contributed by atoms with Crippen LogP contribution in [-0.2, 0) is 4.79 Å². The number of hydrogen-bond donors (Lipinski definition) is 2. The Balaban J connectivity index is 2.87. The van der Waals surface area contributed by atoms with E-state index in [-0.39, 0.29) is 6.42 Å². The van der Waals surface area contributed by atoms with Crippen molar-refractivity contribution in [2.45, 2.75) is 6.42 Å². The van der Waals surface area contributed by atoms with Crippen molar-refractivity contribution in [3.63, 3.8) is 0 Å². The maximum absolute atomic E-state index is 11.8. The van der Waals surface area contributed by atoms with E-state index < -0.39 is 17.7 Å². The highest BCUT2D eigenvalue weighted by Gasteiger charge is 2.26. The Morgan fingerprint density at radius 2 is 1.94 bits per heavy atom. The lowest BCUT2D eigenvalue weighted by atomic mass is 9.95. The Labute approximate surface area is 92.0 Å². The molecule has 0 radical (unpaired) electrons. The SMILES string of the molecule is O=C(O)C(CC=NO)C(=O)c1ccccc1. The molecule has 0 heterocycles. The summed E-state index contributed by atoms with van der Waals surface area (Å²) in [5.74, 6) is -2.93. The number of carbonyl (C=O) groups is 2. The van der Waals surface area contributed by atoms with Crippen molar-refractivity contribution in [2.24, 2.45) is 11.1 Å². The van der Waals surface area contributed by atoms with Crippen LogP contribution < -0.4 is 0 Å².